The van der Waals surface area contributed by atoms with Gasteiger partial charge in [-0.2, -0.15) is 4.98 Å². The molecule has 0 unspecified atom stereocenters. The summed E-state index contributed by atoms with van der Waals surface area (Å²) in [6, 6.07) is 8.91. The van der Waals surface area contributed by atoms with Crippen LogP contribution in [0.5, 0.6) is 0 Å². The number of hydrogen-bond acceptors (Lipinski definition) is 8. The normalized spacial score (nSPS) is 16.8. The lowest BCUT2D eigenvalue weighted by Crippen LogP contribution is -2.37. The van der Waals surface area contributed by atoms with Gasteiger partial charge in [0.05, 0.1) is 35.3 Å². The number of rotatable bonds is 4. The van der Waals surface area contributed by atoms with Crippen molar-refractivity contribution in [1.82, 2.24) is 9.97 Å². The van der Waals surface area contributed by atoms with E-state index in [1.807, 2.05) is 17.0 Å². The van der Waals surface area contributed by atoms with Crippen LogP contribution in [-0.4, -0.2) is 66.1 Å². The van der Waals surface area contributed by atoms with Crippen molar-refractivity contribution >= 4 is 51.5 Å². The summed E-state index contributed by atoms with van der Waals surface area (Å²) < 4.78 is 6.47. The van der Waals surface area contributed by atoms with E-state index in [4.69, 9.17) is 20.1 Å². The molecule has 10 heteroatoms. The highest BCUT2D eigenvalue weighted by Crippen LogP contribution is 2.39. The molecule has 0 bridgehead atoms. The van der Waals surface area contributed by atoms with E-state index in [1.54, 1.807) is 35.9 Å². The van der Waals surface area contributed by atoms with E-state index in [9.17, 15) is 9.90 Å². The molecule has 2 N–H and O–H groups in total. The Bertz CT molecular complexity index is 1200. The quantitative estimate of drug-likeness (QED) is 0.646. The van der Waals surface area contributed by atoms with Crippen LogP contribution in [0.15, 0.2) is 35.3 Å². The van der Waals surface area contributed by atoms with Gasteiger partial charge in [-0.1, -0.05) is 12.1 Å². The molecule has 4 heterocycles. The van der Waals surface area contributed by atoms with Crippen molar-refractivity contribution < 1.29 is 14.6 Å². The Morgan fingerprint density at radius 2 is 2.00 bits per heavy atom. The molecule has 158 valence electrons. The third kappa shape index (κ3) is 3.87. The van der Waals surface area contributed by atoms with Gasteiger partial charge in [0.1, 0.15) is 5.84 Å². The van der Waals surface area contributed by atoms with Crippen LogP contribution < -0.4 is 9.80 Å². The second-order valence-corrected chi connectivity index (χ2v) is 8.34. The van der Waals surface area contributed by atoms with Crippen molar-refractivity contribution in [3.05, 3.63) is 35.9 Å². The summed E-state index contributed by atoms with van der Waals surface area (Å²) in [5.41, 5.74) is 1.90. The van der Waals surface area contributed by atoms with Crippen LogP contribution in [0.25, 0.3) is 20.7 Å². The van der Waals surface area contributed by atoms with E-state index in [-0.39, 0.29) is 5.56 Å². The summed E-state index contributed by atoms with van der Waals surface area (Å²) in [4.78, 5) is 30.1. The number of anilines is 2. The van der Waals surface area contributed by atoms with Crippen molar-refractivity contribution in [2.45, 2.75) is 6.42 Å². The molecule has 5 rings (SSSR count). The van der Waals surface area contributed by atoms with Crippen molar-refractivity contribution in [3.63, 3.8) is 0 Å². The predicted octanol–water partition coefficient (Wildman–Crippen LogP) is 3.11. The Kier molecular flexibility index (Phi) is 5.08. The lowest BCUT2D eigenvalue weighted by Gasteiger charge is -2.29. The number of aromatic nitrogens is 2. The third-order valence-electron chi connectivity index (χ3n) is 5.25. The fraction of sp³-hybridized carbons (Fsp3) is 0.286. The number of amidine groups is 1. The molecule has 9 nitrogen and oxygen atoms in total. The van der Waals surface area contributed by atoms with Gasteiger partial charge in [0.15, 0.2) is 5.82 Å². The largest absolute Gasteiger partial charge is 0.478 e. The number of benzene rings is 1. The van der Waals surface area contributed by atoms with E-state index in [0.29, 0.717) is 38.0 Å². The van der Waals surface area contributed by atoms with Gasteiger partial charge in [0, 0.05) is 30.9 Å². The molecule has 1 aromatic carbocycles. The van der Waals surface area contributed by atoms with Crippen LogP contribution in [-0.2, 0) is 4.74 Å². The van der Waals surface area contributed by atoms with E-state index in [0.717, 1.165) is 39.6 Å². The Morgan fingerprint density at radius 3 is 2.74 bits per heavy atom. The standard InChI is InChI=1S/C21H20N6O3S/c22-17-4-5-27(12-23-17)21-24-15-11-16(13-2-1-3-14(10-13)20(28)29)31-18(15)19(25-21)26-6-8-30-9-7-26/h1-3,10-12,22H,4-9H2,(H,28,29). The van der Waals surface area contributed by atoms with Crippen molar-refractivity contribution in [3.8, 4) is 10.4 Å². The molecular formula is C21H20N6O3S. The molecule has 0 spiro atoms. The Labute approximate surface area is 182 Å². The lowest BCUT2D eigenvalue weighted by molar-refractivity contribution is 0.0697. The summed E-state index contributed by atoms with van der Waals surface area (Å²) >= 11 is 1.56. The minimum absolute atomic E-state index is 0.252. The van der Waals surface area contributed by atoms with Gasteiger partial charge in [0.25, 0.3) is 0 Å². The number of morpholine rings is 1. The number of ether oxygens (including phenoxy) is 1. The average molecular weight is 436 g/mol. The van der Waals surface area contributed by atoms with Crippen LogP contribution in [0.1, 0.15) is 16.8 Å². The van der Waals surface area contributed by atoms with Crippen molar-refractivity contribution in [2.75, 3.05) is 42.6 Å². The number of fused-ring (bicyclic) bond motifs is 1. The van der Waals surface area contributed by atoms with Crippen molar-refractivity contribution in [1.29, 1.82) is 5.41 Å². The van der Waals surface area contributed by atoms with Gasteiger partial charge < -0.3 is 19.6 Å². The molecule has 0 radical (unpaired) electrons. The van der Waals surface area contributed by atoms with Gasteiger partial charge in [-0.05, 0) is 23.8 Å². The first-order valence-electron chi connectivity index (χ1n) is 9.95. The maximum absolute atomic E-state index is 11.4. The Morgan fingerprint density at radius 1 is 1.16 bits per heavy atom. The highest BCUT2D eigenvalue weighted by Gasteiger charge is 2.22. The van der Waals surface area contributed by atoms with E-state index in [2.05, 4.69) is 9.89 Å². The van der Waals surface area contributed by atoms with Crippen LogP contribution in [0.4, 0.5) is 11.8 Å². The first-order chi connectivity index (χ1) is 15.1. The predicted molar refractivity (Wildman–Crippen MR) is 121 cm³/mol. The molecule has 1 saturated heterocycles. The second kappa shape index (κ2) is 8.05. The number of aliphatic imine (C=N–C) groups is 1. The first kappa shape index (κ1) is 19.6. The van der Waals surface area contributed by atoms with Gasteiger partial charge in [-0.3, -0.25) is 5.41 Å². The SMILES string of the molecule is N=C1CCN(c2nc(N3CCOCC3)c3sc(-c4cccc(C(=O)O)c4)cc3n2)C=N1. The monoisotopic (exact) mass is 436 g/mol. The number of nitrogens with one attached hydrogen (secondary N) is 1. The molecule has 0 atom stereocenters. The van der Waals surface area contributed by atoms with Crippen molar-refractivity contribution in [2.24, 2.45) is 4.99 Å². The highest BCUT2D eigenvalue weighted by atomic mass is 32.1. The molecule has 2 aliphatic rings. The summed E-state index contributed by atoms with van der Waals surface area (Å²) in [6.07, 6.45) is 2.15. The second-order valence-electron chi connectivity index (χ2n) is 7.29. The highest BCUT2D eigenvalue weighted by molar-refractivity contribution is 7.22. The Hall–Kier alpha value is -3.37. The number of hydrogen-bond donors (Lipinski definition) is 2. The fourth-order valence-corrected chi connectivity index (χ4v) is 4.72. The van der Waals surface area contributed by atoms with Gasteiger partial charge >= 0.3 is 5.97 Å². The summed E-state index contributed by atoms with van der Waals surface area (Å²) in [5, 5.41) is 17.0. The molecule has 1 fully saturated rings. The number of carboxylic acids is 1. The number of nitrogens with zero attached hydrogens (tertiary/aromatic N) is 5. The third-order valence-corrected chi connectivity index (χ3v) is 6.42. The number of aromatic carboxylic acids is 1. The van der Waals surface area contributed by atoms with Crippen LogP contribution >= 0.6 is 11.3 Å². The number of carbonyl (C=O) groups is 1. The van der Waals surface area contributed by atoms with Crippen LogP contribution in [0.3, 0.4) is 0 Å². The first-order valence-corrected chi connectivity index (χ1v) is 10.8. The van der Waals surface area contributed by atoms with E-state index in [1.165, 1.54) is 0 Å². The summed E-state index contributed by atoms with van der Waals surface area (Å²) in [6.45, 7) is 3.37. The summed E-state index contributed by atoms with van der Waals surface area (Å²) in [5.74, 6) is 0.799. The molecule has 2 aliphatic heterocycles. The van der Waals surface area contributed by atoms with E-state index >= 15 is 0 Å². The number of thiophene rings is 1. The zero-order valence-electron chi connectivity index (χ0n) is 16.6. The maximum Gasteiger partial charge on any atom is 0.335 e. The Balaban J connectivity index is 1.63. The number of carboxylic acid groups (broad SMARTS) is 1. The molecular weight excluding hydrogens is 416 g/mol. The topological polar surface area (TPSA) is 115 Å². The summed E-state index contributed by atoms with van der Waals surface area (Å²) in [7, 11) is 0. The lowest BCUT2D eigenvalue weighted by atomic mass is 10.1. The van der Waals surface area contributed by atoms with Crippen LogP contribution in [0.2, 0.25) is 0 Å². The minimum Gasteiger partial charge on any atom is -0.478 e. The van der Waals surface area contributed by atoms with Gasteiger partial charge in [-0.15, -0.1) is 11.3 Å². The molecule has 3 aromatic rings. The van der Waals surface area contributed by atoms with Gasteiger partial charge in [0.2, 0.25) is 5.95 Å². The maximum atomic E-state index is 11.4. The van der Waals surface area contributed by atoms with E-state index < -0.39 is 5.97 Å². The molecule has 0 saturated carbocycles. The molecule has 2 aromatic heterocycles. The molecule has 31 heavy (non-hydrogen) atoms. The molecule has 0 aliphatic carbocycles. The van der Waals surface area contributed by atoms with Gasteiger partial charge in [-0.25, -0.2) is 14.8 Å². The fourth-order valence-electron chi connectivity index (χ4n) is 3.61. The zero-order valence-corrected chi connectivity index (χ0v) is 17.4. The minimum atomic E-state index is -0.950. The average Bonchev–Trinajstić information content (AvgIpc) is 3.24. The molecule has 0 amide bonds. The zero-order chi connectivity index (χ0) is 21.4. The smallest absolute Gasteiger partial charge is 0.335 e. The van der Waals surface area contributed by atoms with Crippen LogP contribution in [0, 0.1) is 5.41 Å².